The zero-order valence-electron chi connectivity index (χ0n) is 11.1. The Labute approximate surface area is 122 Å². The molecular weight excluding hydrogens is 330 g/mol. The fraction of sp³-hybridized carbons (Fsp3) is 0.538. The molecule has 0 spiro atoms. The number of hydrogen-bond donors (Lipinski definition) is 1. The van der Waals surface area contributed by atoms with Gasteiger partial charge >= 0.3 is 0 Å². The zero-order valence-corrected chi connectivity index (χ0v) is 13.5. The number of aliphatic hydroxyl groups excluding tert-OH is 1. The second-order valence-corrected chi connectivity index (χ2v) is 7.79. The molecule has 0 aromatic heterocycles. The standard InChI is InChI=1S/C13H18BrNO3S/c1-9-12(14)6-10(8-16)7-13(9)19(17,18)15(2)11-4-3-5-11/h6-7,11,16H,3-5,8H2,1-2H3. The van der Waals surface area contributed by atoms with Gasteiger partial charge in [-0.15, -0.1) is 0 Å². The Morgan fingerprint density at radius 1 is 1.42 bits per heavy atom. The van der Waals surface area contributed by atoms with Crippen LogP contribution in [0.2, 0.25) is 0 Å². The molecule has 1 aliphatic rings. The SMILES string of the molecule is Cc1c(Br)cc(CO)cc1S(=O)(=O)N(C)C1CCC1. The molecule has 6 heteroatoms. The maximum atomic E-state index is 12.6. The summed E-state index contributed by atoms with van der Waals surface area (Å²) in [6, 6.07) is 3.42. The van der Waals surface area contributed by atoms with Crippen LogP contribution in [0, 0.1) is 6.92 Å². The predicted octanol–water partition coefficient (Wildman–Crippen LogP) is 2.42. The van der Waals surface area contributed by atoms with Crippen molar-refractivity contribution >= 4 is 26.0 Å². The number of hydrogen-bond acceptors (Lipinski definition) is 3. The first kappa shape index (κ1) is 15.0. The van der Waals surface area contributed by atoms with Gasteiger partial charge in [0.15, 0.2) is 0 Å². The third-order valence-corrected chi connectivity index (χ3v) is 6.64. The molecule has 0 heterocycles. The fourth-order valence-corrected chi connectivity index (χ4v) is 4.52. The van der Waals surface area contributed by atoms with E-state index in [4.69, 9.17) is 0 Å². The van der Waals surface area contributed by atoms with Gasteiger partial charge in [0.1, 0.15) is 0 Å². The lowest BCUT2D eigenvalue weighted by atomic mass is 9.94. The monoisotopic (exact) mass is 347 g/mol. The summed E-state index contributed by atoms with van der Waals surface area (Å²) in [5.41, 5.74) is 1.28. The lowest BCUT2D eigenvalue weighted by Gasteiger charge is -2.34. The van der Waals surface area contributed by atoms with E-state index in [1.54, 1.807) is 26.1 Å². The molecule has 2 rings (SSSR count). The number of nitrogens with zero attached hydrogens (tertiary/aromatic N) is 1. The van der Waals surface area contributed by atoms with Gasteiger partial charge in [0.2, 0.25) is 10.0 Å². The minimum atomic E-state index is -3.49. The molecule has 0 unspecified atom stereocenters. The topological polar surface area (TPSA) is 57.6 Å². The number of aliphatic hydroxyl groups is 1. The van der Waals surface area contributed by atoms with Crippen LogP contribution in [0.1, 0.15) is 30.4 Å². The van der Waals surface area contributed by atoms with Crippen molar-refractivity contribution in [3.63, 3.8) is 0 Å². The summed E-state index contributed by atoms with van der Waals surface area (Å²) in [5.74, 6) is 0. The van der Waals surface area contributed by atoms with Crippen LogP contribution in [-0.4, -0.2) is 30.9 Å². The minimum Gasteiger partial charge on any atom is -0.392 e. The summed E-state index contributed by atoms with van der Waals surface area (Å²) >= 11 is 3.35. The van der Waals surface area contributed by atoms with E-state index < -0.39 is 10.0 Å². The summed E-state index contributed by atoms with van der Waals surface area (Å²) in [6.07, 6.45) is 2.94. The van der Waals surface area contributed by atoms with Gasteiger partial charge in [0.25, 0.3) is 0 Å². The molecule has 1 saturated carbocycles. The van der Waals surface area contributed by atoms with Crippen molar-refractivity contribution < 1.29 is 13.5 Å². The molecule has 0 radical (unpaired) electrons. The lowest BCUT2D eigenvalue weighted by Crippen LogP contribution is -2.41. The summed E-state index contributed by atoms with van der Waals surface area (Å²) < 4.78 is 27.4. The summed E-state index contributed by atoms with van der Waals surface area (Å²) in [6.45, 7) is 1.60. The quantitative estimate of drug-likeness (QED) is 0.909. The van der Waals surface area contributed by atoms with E-state index in [-0.39, 0.29) is 17.5 Å². The highest BCUT2D eigenvalue weighted by Gasteiger charge is 2.33. The fourth-order valence-electron chi connectivity index (χ4n) is 2.17. The molecule has 0 atom stereocenters. The second-order valence-electron chi connectivity index (χ2n) is 4.96. The maximum absolute atomic E-state index is 12.6. The van der Waals surface area contributed by atoms with Crippen molar-refractivity contribution in [3.8, 4) is 0 Å². The number of rotatable bonds is 4. The molecule has 1 aromatic rings. The molecule has 1 aliphatic carbocycles. The molecule has 0 amide bonds. The highest BCUT2D eigenvalue weighted by molar-refractivity contribution is 9.10. The Balaban J connectivity index is 2.47. The van der Waals surface area contributed by atoms with Gasteiger partial charge in [-0.25, -0.2) is 8.42 Å². The second kappa shape index (κ2) is 5.52. The average Bonchev–Trinajstić information content (AvgIpc) is 2.29. The lowest BCUT2D eigenvalue weighted by molar-refractivity contribution is 0.249. The summed E-state index contributed by atoms with van der Waals surface area (Å²) in [5, 5.41) is 9.22. The largest absolute Gasteiger partial charge is 0.392 e. The van der Waals surface area contributed by atoms with E-state index in [2.05, 4.69) is 15.9 Å². The van der Waals surface area contributed by atoms with Crippen molar-refractivity contribution in [1.82, 2.24) is 4.31 Å². The highest BCUT2D eigenvalue weighted by Crippen LogP contribution is 2.32. The summed E-state index contributed by atoms with van der Waals surface area (Å²) in [7, 11) is -1.86. The van der Waals surface area contributed by atoms with Gasteiger partial charge in [-0.3, -0.25) is 0 Å². The summed E-state index contributed by atoms with van der Waals surface area (Å²) in [4.78, 5) is 0.278. The molecule has 106 valence electrons. The Kier molecular flexibility index (Phi) is 4.35. The normalized spacial score (nSPS) is 16.7. The zero-order chi connectivity index (χ0) is 14.2. The van der Waals surface area contributed by atoms with E-state index >= 15 is 0 Å². The Morgan fingerprint density at radius 2 is 2.05 bits per heavy atom. The van der Waals surface area contributed by atoms with Gasteiger partial charge in [0, 0.05) is 17.6 Å². The van der Waals surface area contributed by atoms with Gasteiger partial charge in [0.05, 0.1) is 11.5 Å². The van der Waals surface area contributed by atoms with E-state index in [0.29, 0.717) is 15.6 Å². The minimum absolute atomic E-state index is 0.112. The van der Waals surface area contributed by atoms with Gasteiger partial charge in [-0.2, -0.15) is 4.31 Å². The molecule has 1 fully saturated rings. The van der Waals surface area contributed by atoms with Crippen LogP contribution < -0.4 is 0 Å². The average molecular weight is 348 g/mol. The molecule has 4 nitrogen and oxygen atoms in total. The molecule has 19 heavy (non-hydrogen) atoms. The van der Waals surface area contributed by atoms with E-state index in [1.165, 1.54) is 4.31 Å². The molecule has 0 aliphatic heterocycles. The van der Waals surface area contributed by atoms with Crippen molar-refractivity contribution in [2.75, 3.05) is 7.05 Å². The van der Waals surface area contributed by atoms with Crippen LogP contribution >= 0.6 is 15.9 Å². The third kappa shape index (κ3) is 2.72. The first-order valence-electron chi connectivity index (χ1n) is 6.26. The van der Waals surface area contributed by atoms with Crippen LogP contribution in [-0.2, 0) is 16.6 Å². The van der Waals surface area contributed by atoms with Crippen LogP contribution in [0.25, 0.3) is 0 Å². The molecule has 0 saturated heterocycles. The number of sulfonamides is 1. The first-order valence-corrected chi connectivity index (χ1v) is 8.49. The van der Waals surface area contributed by atoms with Gasteiger partial charge < -0.3 is 5.11 Å². The Hall–Kier alpha value is -0.430. The van der Waals surface area contributed by atoms with Crippen molar-refractivity contribution in [2.45, 2.75) is 43.7 Å². The van der Waals surface area contributed by atoms with Crippen LogP contribution in [0.5, 0.6) is 0 Å². The maximum Gasteiger partial charge on any atom is 0.243 e. The molecule has 0 bridgehead atoms. The van der Waals surface area contributed by atoms with Crippen LogP contribution in [0.4, 0.5) is 0 Å². The predicted molar refractivity (Wildman–Crippen MR) is 77.4 cm³/mol. The highest BCUT2D eigenvalue weighted by atomic mass is 79.9. The molecule has 1 aromatic carbocycles. The van der Waals surface area contributed by atoms with Crippen molar-refractivity contribution in [2.24, 2.45) is 0 Å². The smallest absolute Gasteiger partial charge is 0.243 e. The van der Waals surface area contributed by atoms with Crippen LogP contribution in [0.15, 0.2) is 21.5 Å². The number of benzene rings is 1. The Bertz CT molecular complexity index is 582. The molecular formula is C13H18BrNO3S. The van der Waals surface area contributed by atoms with E-state index in [0.717, 1.165) is 19.3 Å². The van der Waals surface area contributed by atoms with Gasteiger partial charge in [-0.05, 0) is 43.0 Å². The van der Waals surface area contributed by atoms with E-state index in [9.17, 15) is 13.5 Å². The Morgan fingerprint density at radius 3 is 2.53 bits per heavy atom. The van der Waals surface area contributed by atoms with Crippen molar-refractivity contribution in [3.05, 3.63) is 27.7 Å². The van der Waals surface area contributed by atoms with Gasteiger partial charge in [-0.1, -0.05) is 22.4 Å². The van der Waals surface area contributed by atoms with Crippen LogP contribution in [0.3, 0.4) is 0 Å². The van der Waals surface area contributed by atoms with E-state index in [1.807, 2.05) is 0 Å². The first-order chi connectivity index (χ1) is 8.87. The van der Waals surface area contributed by atoms with Crippen molar-refractivity contribution in [1.29, 1.82) is 0 Å². The molecule has 1 N–H and O–H groups in total. The third-order valence-electron chi connectivity index (χ3n) is 3.78. The number of halogens is 1.